The highest BCUT2D eigenvalue weighted by molar-refractivity contribution is 5.66. The molecule has 0 saturated heterocycles. The number of rotatable bonds is 4. The van der Waals surface area contributed by atoms with Crippen molar-refractivity contribution in [2.45, 2.75) is 39.1 Å². The van der Waals surface area contributed by atoms with E-state index in [2.05, 4.69) is 0 Å². The molecular formula is C8H17NO2. The largest absolute Gasteiger partial charge is 0.481 e. The molecule has 0 aliphatic heterocycles. The molecule has 11 heavy (non-hydrogen) atoms. The minimum absolute atomic E-state index is 0.549. The van der Waals surface area contributed by atoms with Crippen LogP contribution in [0.1, 0.15) is 40.4 Å². The maximum absolute atomic E-state index is 10.7. The highest BCUT2D eigenvalue weighted by Gasteiger charge is 2.07. The second-order valence-electron chi connectivity index (χ2n) is 3.00. The molecule has 0 amide bonds. The zero-order chi connectivity index (χ0) is 14.2. The van der Waals surface area contributed by atoms with E-state index in [9.17, 15) is 4.79 Å². The van der Waals surface area contributed by atoms with Crippen LogP contribution < -0.4 is 5.31 Å². The quantitative estimate of drug-likeness (QED) is 0.659. The van der Waals surface area contributed by atoms with E-state index in [4.69, 9.17) is 13.4 Å². The molecule has 0 radical (unpaired) electrons. The summed E-state index contributed by atoms with van der Waals surface area (Å²) >= 11 is 0. The highest BCUT2D eigenvalue weighted by Crippen LogP contribution is 1.98. The van der Waals surface area contributed by atoms with E-state index in [-0.39, 0.29) is 0 Å². The van der Waals surface area contributed by atoms with E-state index in [0.717, 1.165) is 0 Å². The van der Waals surface area contributed by atoms with Crippen LogP contribution in [0.25, 0.3) is 0 Å². The van der Waals surface area contributed by atoms with Gasteiger partial charge in [0.15, 0.2) is 0 Å². The van der Waals surface area contributed by atoms with Crippen LogP contribution in [0.5, 0.6) is 0 Å². The first-order valence-electron chi connectivity index (χ1n) is 6.22. The fraction of sp³-hybridized carbons (Fsp3) is 0.875. The molecule has 66 valence electrons. The molecule has 0 fully saturated rings. The number of hydrogen-bond donors (Lipinski definition) is 2. The molecule has 0 aliphatic carbocycles. The molecule has 0 aromatic rings. The Morgan fingerprint density at radius 2 is 2.27 bits per heavy atom. The Hall–Kier alpha value is -0.570. The molecule has 3 heteroatoms. The van der Waals surface area contributed by atoms with Crippen LogP contribution in [0.3, 0.4) is 0 Å². The topological polar surface area (TPSA) is 49.3 Å². The van der Waals surface area contributed by atoms with Gasteiger partial charge in [0.25, 0.3) is 0 Å². The number of nitrogens with one attached hydrogen (secondary N) is 1. The lowest BCUT2D eigenvalue weighted by Gasteiger charge is -2.19. The average molecular weight is 165 g/mol. The van der Waals surface area contributed by atoms with E-state index in [0.29, 0.717) is 5.31 Å². The Labute approximate surface area is 76.3 Å². The predicted molar refractivity (Wildman–Crippen MR) is 44.6 cm³/mol. The Morgan fingerprint density at radius 3 is 2.64 bits per heavy atom. The van der Waals surface area contributed by atoms with Crippen molar-refractivity contribution in [2.24, 2.45) is 0 Å². The fourth-order valence-electron chi connectivity index (χ4n) is 0.320. The average Bonchev–Trinajstić information content (AvgIpc) is 2.13. The molecule has 0 bridgehead atoms. The second-order valence-corrected chi connectivity index (χ2v) is 3.00. The van der Waals surface area contributed by atoms with Crippen LogP contribution in [0.4, 0.5) is 0 Å². The minimum Gasteiger partial charge on any atom is -0.481 e. The lowest BCUT2D eigenvalue weighted by Crippen LogP contribution is -2.36. The maximum Gasteiger partial charge on any atom is 0.303 e. The van der Waals surface area contributed by atoms with Crippen LogP contribution in [0.2, 0.25) is 1.41 Å². The summed E-state index contributed by atoms with van der Waals surface area (Å²) in [6, 6.07) is 0. The van der Waals surface area contributed by atoms with E-state index in [1.807, 2.05) is 0 Å². The molecule has 0 aromatic heterocycles. The summed E-state index contributed by atoms with van der Waals surface area (Å²) in [5.41, 5.74) is -0.894. The standard InChI is InChI=1S/C8H17NO2/c1-8(2,3)9-6-4-5-7(10)11/h9H,4-6H2,1-3H3,(H,10,11)/i4D2,5D2,6D/hD. The first kappa shape index (κ1) is 3.90. The fourth-order valence-corrected chi connectivity index (χ4v) is 0.320. The van der Waals surface area contributed by atoms with E-state index < -0.39 is 30.8 Å². The van der Waals surface area contributed by atoms with Gasteiger partial charge in [0, 0.05) is 18.8 Å². The van der Waals surface area contributed by atoms with Crippen molar-refractivity contribution in [3.63, 3.8) is 0 Å². The number of hydrogen-bond acceptors (Lipinski definition) is 2. The van der Waals surface area contributed by atoms with Gasteiger partial charge in [0.2, 0.25) is 0 Å². The lowest BCUT2D eigenvalue weighted by atomic mass is 10.1. The first-order valence-corrected chi connectivity index (χ1v) is 3.20. The summed E-state index contributed by atoms with van der Waals surface area (Å²) in [4.78, 5) is 10.7. The maximum atomic E-state index is 10.7. The van der Waals surface area contributed by atoms with Gasteiger partial charge < -0.3 is 10.4 Å². The summed E-state index contributed by atoms with van der Waals surface area (Å²) in [6.07, 6.45) is -6.24. The Bertz CT molecular complexity index is 301. The Morgan fingerprint density at radius 1 is 1.73 bits per heavy atom. The third-order valence-corrected chi connectivity index (χ3v) is 0.695. The molecule has 0 aliphatic rings. The van der Waals surface area contributed by atoms with Crippen molar-refractivity contribution in [2.75, 3.05) is 6.52 Å². The van der Waals surface area contributed by atoms with Gasteiger partial charge in [-0.1, -0.05) is 0 Å². The monoisotopic (exact) mass is 165 g/mol. The number of carbonyl (C=O) groups is 1. The Kier molecular flexibility index (Phi) is 1.54. The predicted octanol–water partition coefficient (Wildman–Crippen LogP) is 1.24. The van der Waals surface area contributed by atoms with Crippen LogP contribution in [-0.2, 0) is 4.79 Å². The van der Waals surface area contributed by atoms with Crippen LogP contribution in [0.15, 0.2) is 0 Å². The minimum atomic E-state index is -3.23. The molecular weight excluding hydrogens is 142 g/mol. The van der Waals surface area contributed by atoms with Crippen LogP contribution in [0, 0.1) is 0 Å². The van der Waals surface area contributed by atoms with Gasteiger partial charge in [-0.25, -0.2) is 0 Å². The van der Waals surface area contributed by atoms with Gasteiger partial charge in [-0.2, -0.15) is 0 Å². The van der Waals surface area contributed by atoms with Gasteiger partial charge in [-0.15, -0.1) is 0 Å². The zero-order valence-corrected chi connectivity index (χ0v) is 6.88. The van der Waals surface area contributed by atoms with Gasteiger partial charge in [0.1, 0.15) is 1.41 Å². The van der Waals surface area contributed by atoms with Gasteiger partial charge >= 0.3 is 5.97 Å². The number of carboxylic acid groups (broad SMARTS) is 1. The molecule has 3 nitrogen and oxygen atoms in total. The van der Waals surface area contributed by atoms with Gasteiger partial charge in [-0.3, -0.25) is 4.79 Å². The SMILES string of the molecule is [2H]C(N([2H])C(C)(C)C)C([2H])([2H])C([2H])([2H])C(=O)O. The third kappa shape index (κ3) is 9.43. The van der Waals surface area contributed by atoms with Crippen molar-refractivity contribution < 1.29 is 18.2 Å². The normalized spacial score (nSPS) is 25.5. The lowest BCUT2D eigenvalue weighted by molar-refractivity contribution is -0.137. The number of carboxylic acids is 1. The van der Waals surface area contributed by atoms with Crippen molar-refractivity contribution in [1.29, 1.82) is 0 Å². The van der Waals surface area contributed by atoms with E-state index in [1.54, 1.807) is 20.8 Å². The van der Waals surface area contributed by atoms with Crippen LogP contribution >= 0.6 is 0 Å². The summed E-state index contributed by atoms with van der Waals surface area (Å²) in [5.74, 6) is -1.98. The molecule has 1 unspecified atom stereocenters. The molecule has 0 saturated carbocycles. The summed E-state index contributed by atoms with van der Waals surface area (Å²) < 4.78 is 44.3. The summed E-state index contributed by atoms with van der Waals surface area (Å²) in [5, 5.41) is 9.18. The van der Waals surface area contributed by atoms with Crippen molar-refractivity contribution in [3.05, 3.63) is 0 Å². The van der Waals surface area contributed by atoms with Crippen molar-refractivity contribution in [3.8, 4) is 0 Å². The number of aliphatic carboxylic acids is 1. The smallest absolute Gasteiger partial charge is 0.303 e. The molecule has 2 N–H and O–H groups in total. The van der Waals surface area contributed by atoms with Crippen molar-refractivity contribution >= 4 is 5.97 Å². The summed E-state index contributed by atoms with van der Waals surface area (Å²) in [7, 11) is 0. The molecule has 0 rings (SSSR count). The van der Waals surface area contributed by atoms with Gasteiger partial charge in [-0.05, 0) is 33.7 Å². The molecule has 0 spiro atoms. The molecule has 0 aromatic carbocycles. The van der Waals surface area contributed by atoms with E-state index in [1.165, 1.54) is 0 Å². The molecule has 1 atom stereocenters. The van der Waals surface area contributed by atoms with E-state index >= 15 is 0 Å². The first-order chi connectivity index (χ1) is 7.26. The molecule has 0 heterocycles. The third-order valence-electron chi connectivity index (χ3n) is 0.695. The second kappa shape index (κ2) is 4.34. The Balaban J connectivity index is 5.27. The van der Waals surface area contributed by atoms with Crippen LogP contribution in [-0.4, -0.2) is 23.1 Å². The van der Waals surface area contributed by atoms with Gasteiger partial charge in [0.05, 0.1) is 0 Å². The summed E-state index contributed by atoms with van der Waals surface area (Å²) in [6.45, 7) is 2.70. The zero-order valence-electron chi connectivity index (χ0n) is 12.9. The highest BCUT2D eigenvalue weighted by atomic mass is 16.4. The van der Waals surface area contributed by atoms with Crippen molar-refractivity contribution in [1.82, 2.24) is 5.31 Å².